The first kappa shape index (κ1) is 21.8. The summed E-state index contributed by atoms with van der Waals surface area (Å²) in [6.07, 6.45) is 15.3. The van der Waals surface area contributed by atoms with E-state index in [2.05, 4.69) is 27.7 Å². The summed E-state index contributed by atoms with van der Waals surface area (Å²) < 4.78 is 0. The van der Waals surface area contributed by atoms with Crippen molar-refractivity contribution in [1.29, 1.82) is 0 Å². The highest BCUT2D eigenvalue weighted by molar-refractivity contribution is 5.83. The lowest BCUT2D eigenvalue weighted by atomic mass is 9.44. The van der Waals surface area contributed by atoms with Crippen molar-refractivity contribution < 1.29 is 9.90 Å². The summed E-state index contributed by atoms with van der Waals surface area (Å²) in [5, 5.41) is 9.31. The molecule has 0 radical (unpaired) electrons. The van der Waals surface area contributed by atoms with Gasteiger partial charge in [0.1, 0.15) is 5.78 Å². The highest BCUT2D eigenvalue weighted by atomic mass is 16.3. The highest BCUT2D eigenvalue weighted by Crippen LogP contribution is 2.67. The number of carbonyl (C=O) groups is 1. The van der Waals surface area contributed by atoms with Gasteiger partial charge in [-0.25, -0.2) is 0 Å². The number of rotatable bonds is 6. The van der Waals surface area contributed by atoms with E-state index in [0.717, 1.165) is 36.5 Å². The Kier molecular flexibility index (Phi) is 6.24. The summed E-state index contributed by atoms with van der Waals surface area (Å²) in [4.78, 5) is 13.2. The second-order valence-electron chi connectivity index (χ2n) is 12.3. The third-order valence-electron chi connectivity index (χ3n) is 10.8. The number of hydrogen-bond acceptors (Lipinski definition) is 2. The molecule has 4 fully saturated rings. The quantitative estimate of drug-likeness (QED) is 0.540. The smallest absolute Gasteiger partial charge is 0.136 e. The van der Waals surface area contributed by atoms with Gasteiger partial charge in [-0.05, 0) is 91.3 Å². The number of aliphatic hydroxyl groups is 1. The second kappa shape index (κ2) is 8.29. The molecule has 166 valence electrons. The van der Waals surface area contributed by atoms with E-state index in [1.807, 2.05) is 0 Å². The molecular weight excluding hydrogens is 356 g/mol. The maximum absolute atomic E-state index is 13.2. The molecule has 0 spiro atoms. The first-order valence-corrected chi connectivity index (χ1v) is 12.9. The number of fused-ring (bicyclic) bond motifs is 5. The van der Waals surface area contributed by atoms with Crippen molar-refractivity contribution in [3.05, 3.63) is 0 Å². The number of Topliss-reactive ketones (excluding diaryl/α,β-unsaturated/α-hetero) is 1. The average molecular weight is 403 g/mol. The molecule has 2 nitrogen and oxygen atoms in total. The van der Waals surface area contributed by atoms with Crippen molar-refractivity contribution in [2.45, 2.75) is 105 Å². The van der Waals surface area contributed by atoms with Gasteiger partial charge in [0.25, 0.3) is 0 Å². The molecule has 4 aliphatic carbocycles. The van der Waals surface area contributed by atoms with Crippen molar-refractivity contribution >= 4 is 5.78 Å². The molecule has 0 aromatic rings. The molecule has 4 saturated carbocycles. The Bertz CT molecular complexity index is 599. The van der Waals surface area contributed by atoms with Crippen LogP contribution in [0.4, 0.5) is 0 Å². The zero-order chi connectivity index (χ0) is 20.8. The molecule has 0 aliphatic heterocycles. The lowest BCUT2D eigenvalue weighted by molar-refractivity contribution is -0.154. The number of hydrogen-bond donors (Lipinski definition) is 1. The standard InChI is InChI=1S/C27H46O2/c1-18(17-28)8-7-9-19(2)21-11-12-22-20-16-25(29)24-10-5-6-14-26(24,3)23(20)13-15-27(21,22)4/h18-24,28H,5-17H2,1-4H3/t18-,19+,20-,21+,22-,23-,24-,26+,27+/m0/s1. The molecule has 9 atom stereocenters. The molecule has 0 aromatic heterocycles. The van der Waals surface area contributed by atoms with Crippen molar-refractivity contribution in [2.24, 2.45) is 52.3 Å². The third kappa shape index (κ3) is 3.64. The Labute approximate surface area is 179 Å². The summed E-state index contributed by atoms with van der Waals surface area (Å²) in [5.41, 5.74) is 0.769. The maximum Gasteiger partial charge on any atom is 0.136 e. The summed E-state index contributed by atoms with van der Waals surface area (Å²) in [5.74, 6) is 5.35. The van der Waals surface area contributed by atoms with Crippen molar-refractivity contribution in [2.75, 3.05) is 6.61 Å². The molecule has 0 unspecified atom stereocenters. The summed E-state index contributed by atoms with van der Waals surface area (Å²) >= 11 is 0. The van der Waals surface area contributed by atoms with Gasteiger partial charge in [-0.15, -0.1) is 0 Å². The van der Waals surface area contributed by atoms with Gasteiger partial charge < -0.3 is 5.11 Å². The SMILES string of the molecule is C[C@H](CO)CCC[C@@H](C)[C@H]1CC[C@H]2[C@@H]3CC(=O)[C@@H]4CCCC[C@]4(C)[C@H]3CC[C@]12C. The van der Waals surface area contributed by atoms with Crippen molar-refractivity contribution in [1.82, 2.24) is 0 Å². The topological polar surface area (TPSA) is 37.3 Å². The van der Waals surface area contributed by atoms with Crippen LogP contribution in [0.3, 0.4) is 0 Å². The maximum atomic E-state index is 13.2. The molecular formula is C27H46O2. The van der Waals surface area contributed by atoms with Gasteiger partial charge in [0.2, 0.25) is 0 Å². The van der Waals surface area contributed by atoms with E-state index >= 15 is 0 Å². The van der Waals surface area contributed by atoms with Crippen LogP contribution in [-0.2, 0) is 4.79 Å². The first-order valence-electron chi connectivity index (χ1n) is 12.9. The fraction of sp³-hybridized carbons (Fsp3) is 0.963. The summed E-state index contributed by atoms with van der Waals surface area (Å²) in [6.45, 7) is 10.1. The van der Waals surface area contributed by atoms with E-state index in [1.54, 1.807) is 0 Å². The van der Waals surface area contributed by atoms with E-state index in [4.69, 9.17) is 0 Å². The molecule has 0 amide bonds. The van der Waals surface area contributed by atoms with Gasteiger partial charge in [-0.3, -0.25) is 4.79 Å². The zero-order valence-corrected chi connectivity index (χ0v) is 19.6. The molecule has 0 bridgehead atoms. The summed E-state index contributed by atoms with van der Waals surface area (Å²) in [7, 11) is 0. The minimum Gasteiger partial charge on any atom is -0.396 e. The molecule has 4 aliphatic rings. The fourth-order valence-electron chi connectivity index (χ4n) is 9.15. The molecule has 2 heteroatoms. The lowest BCUT2D eigenvalue weighted by Gasteiger charge is -2.60. The fourth-order valence-corrected chi connectivity index (χ4v) is 9.15. The Morgan fingerprint density at radius 1 is 0.966 bits per heavy atom. The largest absolute Gasteiger partial charge is 0.396 e. The molecule has 0 heterocycles. The van der Waals surface area contributed by atoms with Crippen LogP contribution in [0, 0.1) is 52.3 Å². The third-order valence-corrected chi connectivity index (χ3v) is 10.8. The Hall–Kier alpha value is -0.370. The van der Waals surface area contributed by atoms with Crippen molar-refractivity contribution in [3.8, 4) is 0 Å². The monoisotopic (exact) mass is 402 g/mol. The highest BCUT2D eigenvalue weighted by Gasteiger charge is 2.61. The van der Waals surface area contributed by atoms with Gasteiger partial charge in [0.05, 0.1) is 0 Å². The first-order chi connectivity index (χ1) is 13.8. The van der Waals surface area contributed by atoms with Crippen LogP contribution < -0.4 is 0 Å². The van der Waals surface area contributed by atoms with E-state index in [1.165, 1.54) is 64.2 Å². The molecule has 1 N–H and O–H groups in total. The van der Waals surface area contributed by atoms with Crippen LogP contribution in [0.25, 0.3) is 0 Å². The van der Waals surface area contributed by atoms with E-state index < -0.39 is 0 Å². The Morgan fingerprint density at radius 3 is 2.48 bits per heavy atom. The predicted octanol–water partition coefficient (Wildman–Crippen LogP) is 6.65. The second-order valence-corrected chi connectivity index (χ2v) is 12.3. The van der Waals surface area contributed by atoms with Gasteiger partial charge in [0, 0.05) is 18.9 Å². The van der Waals surface area contributed by atoms with E-state index in [0.29, 0.717) is 41.0 Å². The van der Waals surface area contributed by atoms with Gasteiger partial charge in [-0.1, -0.05) is 53.4 Å². The van der Waals surface area contributed by atoms with E-state index in [9.17, 15) is 9.90 Å². The number of carbonyl (C=O) groups excluding carboxylic acids is 1. The minimum absolute atomic E-state index is 0.309. The Morgan fingerprint density at radius 2 is 1.72 bits per heavy atom. The van der Waals surface area contributed by atoms with Crippen LogP contribution in [0.1, 0.15) is 105 Å². The zero-order valence-electron chi connectivity index (χ0n) is 19.6. The van der Waals surface area contributed by atoms with Gasteiger partial charge in [-0.2, -0.15) is 0 Å². The average Bonchev–Trinajstić information content (AvgIpc) is 3.05. The van der Waals surface area contributed by atoms with Crippen LogP contribution in [0.5, 0.6) is 0 Å². The lowest BCUT2D eigenvalue weighted by Crippen LogP contribution is -2.56. The molecule has 29 heavy (non-hydrogen) atoms. The predicted molar refractivity (Wildman–Crippen MR) is 119 cm³/mol. The molecule has 4 rings (SSSR count). The van der Waals surface area contributed by atoms with Crippen LogP contribution in [0.2, 0.25) is 0 Å². The summed E-state index contributed by atoms with van der Waals surface area (Å²) in [6, 6.07) is 0. The van der Waals surface area contributed by atoms with Crippen LogP contribution in [0.15, 0.2) is 0 Å². The number of aliphatic hydroxyl groups excluding tert-OH is 1. The van der Waals surface area contributed by atoms with Crippen molar-refractivity contribution in [3.63, 3.8) is 0 Å². The van der Waals surface area contributed by atoms with E-state index in [-0.39, 0.29) is 0 Å². The van der Waals surface area contributed by atoms with Crippen LogP contribution in [-0.4, -0.2) is 17.5 Å². The normalized spacial score (nSPS) is 46.5. The van der Waals surface area contributed by atoms with Gasteiger partial charge >= 0.3 is 0 Å². The number of ketones is 1. The minimum atomic E-state index is 0.309. The van der Waals surface area contributed by atoms with Crippen LogP contribution >= 0.6 is 0 Å². The van der Waals surface area contributed by atoms with Gasteiger partial charge in [0.15, 0.2) is 0 Å². The molecule has 0 saturated heterocycles. The molecule has 0 aromatic carbocycles. The Balaban J connectivity index is 1.47.